The number of ether oxygens (including phenoxy) is 1. The van der Waals surface area contributed by atoms with Crippen LogP contribution in [0.4, 0.5) is 0 Å². The van der Waals surface area contributed by atoms with Crippen LogP contribution in [0.3, 0.4) is 0 Å². The lowest BCUT2D eigenvalue weighted by molar-refractivity contribution is 0.153. The molecular formula is C17H25ClIN3O. The lowest BCUT2D eigenvalue weighted by Crippen LogP contribution is -2.38. The molecule has 0 atom stereocenters. The summed E-state index contributed by atoms with van der Waals surface area (Å²) in [6.45, 7) is 3.34. The minimum absolute atomic E-state index is 0. The molecule has 6 heteroatoms. The maximum absolute atomic E-state index is 5.88. The number of benzene rings is 1. The summed E-state index contributed by atoms with van der Waals surface area (Å²) >= 11 is 5.88. The van der Waals surface area contributed by atoms with E-state index in [1.165, 1.54) is 11.1 Å². The zero-order valence-electron chi connectivity index (χ0n) is 13.5. The van der Waals surface area contributed by atoms with Gasteiger partial charge >= 0.3 is 0 Å². The molecule has 0 amide bonds. The molecule has 0 saturated heterocycles. The fourth-order valence-electron chi connectivity index (χ4n) is 2.33. The van der Waals surface area contributed by atoms with E-state index < -0.39 is 0 Å². The number of hydrogen-bond acceptors (Lipinski definition) is 2. The molecule has 0 spiro atoms. The average molecular weight is 450 g/mol. The van der Waals surface area contributed by atoms with Gasteiger partial charge in [0, 0.05) is 25.2 Å². The summed E-state index contributed by atoms with van der Waals surface area (Å²) in [6, 6.07) is 7.95. The molecule has 0 aromatic heterocycles. The van der Waals surface area contributed by atoms with Crippen molar-refractivity contribution in [1.82, 2.24) is 10.6 Å². The van der Waals surface area contributed by atoms with E-state index in [2.05, 4.69) is 33.8 Å². The number of halogens is 2. The lowest BCUT2D eigenvalue weighted by atomic mass is 10.1. The number of guanidine groups is 1. The third-order valence-corrected chi connectivity index (χ3v) is 3.89. The van der Waals surface area contributed by atoms with Crippen LogP contribution in [0.15, 0.2) is 40.9 Å². The molecule has 2 N–H and O–H groups in total. The molecule has 4 nitrogen and oxygen atoms in total. The van der Waals surface area contributed by atoms with E-state index in [1.807, 2.05) is 12.1 Å². The van der Waals surface area contributed by atoms with Crippen LogP contribution in [0, 0.1) is 0 Å². The molecule has 0 radical (unpaired) electrons. The van der Waals surface area contributed by atoms with Gasteiger partial charge in [-0.25, -0.2) is 0 Å². The third-order valence-electron chi connectivity index (χ3n) is 3.64. The van der Waals surface area contributed by atoms with Crippen molar-refractivity contribution in [2.75, 3.05) is 33.4 Å². The Morgan fingerprint density at radius 1 is 1.17 bits per heavy atom. The first-order valence-electron chi connectivity index (χ1n) is 7.72. The summed E-state index contributed by atoms with van der Waals surface area (Å²) in [5.74, 6) is 0.849. The van der Waals surface area contributed by atoms with Gasteiger partial charge in [0.2, 0.25) is 0 Å². The fraction of sp³-hybridized carbons (Fsp3) is 0.471. The van der Waals surface area contributed by atoms with E-state index in [0.717, 1.165) is 56.5 Å². The van der Waals surface area contributed by atoms with Gasteiger partial charge in [-0.2, -0.15) is 0 Å². The monoisotopic (exact) mass is 449 g/mol. The highest BCUT2D eigenvalue weighted by Gasteiger charge is 2.04. The van der Waals surface area contributed by atoms with Gasteiger partial charge in [-0.05, 0) is 37.0 Å². The molecule has 0 unspecified atom stereocenters. The predicted octanol–water partition coefficient (Wildman–Crippen LogP) is 3.40. The molecule has 0 saturated carbocycles. The molecule has 1 aromatic carbocycles. The molecule has 1 aromatic rings. The molecule has 1 aliphatic rings. The number of nitrogens with zero attached hydrogens (tertiary/aromatic N) is 1. The highest BCUT2D eigenvalue weighted by Crippen LogP contribution is 2.11. The lowest BCUT2D eigenvalue weighted by Gasteiger charge is -2.15. The predicted molar refractivity (Wildman–Crippen MR) is 108 cm³/mol. The van der Waals surface area contributed by atoms with Gasteiger partial charge in [-0.1, -0.05) is 35.4 Å². The Morgan fingerprint density at radius 3 is 2.48 bits per heavy atom. The Morgan fingerprint density at radius 2 is 1.87 bits per heavy atom. The Bertz CT molecular complexity index is 517. The standard InChI is InChI=1S/C17H24ClN3O.HI/c1-19-17(21-11-7-15-8-12-22-13-9-15)20-10-6-14-2-4-16(18)5-3-14;/h2-5,8H,6-7,9-13H2,1H3,(H2,19,20,21);1H. The van der Waals surface area contributed by atoms with E-state index in [-0.39, 0.29) is 24.0 Å². The molecular weight excluding hydrogens is 425 g/mol. The SMILES string of the molecule is CN=C(NCCC1=CCOCC1)NCCc1ccc(Cl)cc1.I. The largest absolute Gasteiger partial charge is 0.377 e. The first-order chi connectivity index (χ1) is 10.8. The minimum Gasteiger partial charge on any atom is -0.377 e. The number of rotatable bonds is 6. The molecule has 1 aliphatic heterocycles. The van der Waals surface area contributed by atoms with Gasteiger partial charge in [0.25, 0.3) is 0 Å². The molecule has 0 fully saturated rings. The summed E-state index contributed by atoms with van der Waals surface area (Å²) in [6.07, 6.45) is 5.22. The normalized spacial score (nSPS) is 14.7. The summed E-state index contributed by atoms with van der Waals surface area (Å²) in [7, 11) is 1.80. The van der Waals surface area contributed by atoms with Crippen molar-refractivity contribution < 1.29 is 4.74 Å². The molecule has 0 aliphatic carbocycles. The van der Waals surface area contributed by atoms with E-state index >= 15 is 0 Å². The van der Waals surface area contributed by atoms with Crippen molar-refractivity contribution in [2.24, 2.45) is 4.99 Å². The second-order valence-electron chi connectivity index (χ2n) is 5.24. The van der Waals surface area contributed by atoms with Gasteiger partial charge in [0.15, 0.2) is 5.96 Å². The average Bonchev–Trinajstić information content (AvgIpc) is 2.56. The third kappa shape index (κ3) is 8.04. The highest BCUT2D eigenvalue weighted by atomic mass is 127. The quantitative estimate of drug-likeness (QED) is 0.303. The number of nitrogens with one attached hydrogen (secondary N) is 2. The van der Waals surface area contributed by atoms with Crippen LogP contribution < -0.4 is 10.6 Å². The first-order valence-corrected chi connectivity index (χ1v) is 8.10. The molecule has 2 rings (SSSR count). The van der Waals surface area contributed by atoms with Crippen molar-refractivity contribution in [2.45, 2.75) is 19.3 Å². The zero-order valence-corrected chi connectivity index (χ0v) is 16.6. The Balaban J connectivity index is 0.00000264. The smallest absolute Gasteiger partial charge is 0.190 e. The number of hydrogen-bond donors (Lipinski definition) is 2. The van der Waals surface area contributed by atoms with Gasteiger partial charge in [-0.3, -0.25) is 4.99 Å². The van der Waals surface area contributed by atoms with Crippen LogP contribution in [0.1, 0.15) is 18.4 Å². The molecule has 23 heavy (non-hydrogen) atoms. The maximum Gasteiger partial charge on any atom is 0.190 e. The summed E-state index contributed by atoms with van der Waals surface area (Å²) < 4.78 is 5.31. The van der Waals surface area contributed by atoms with Gasteiger partial charge in [-0.15, -0.1) is 24.0 Å². The topological polar surface area (TPSA) is 45.7 Å². The van der Waals surface area contributed by atoms with Crippen LogP contribution >= 0.6 is 35.6 Å². The molecule has 1 heterocycles. The van der Waals surface area contributed by atoms with E-state index in [9.17, 15) is 0 Å². The van der Waals surface area contributed by atoms with E-state index in [4.69, 9.17) is 16.3 Å². The molecule has 128 valence electrons. The van der Waals surface area contributed by atoms with Crippen molar-refractivity contribution in [1.29, 1.82) is 0 Å². The van der Waals surface area contributed by atoms with Gasteiger partial charge < -0.3 is 15.4 Å². The Hall–Kier alpha value is -0.790. The van der Waals surface area contributed by atoms with Crippen LogP contribution in [0.5, 0.6) is 0 Å². The summed E-state index contributed by atoms with van der Waals surface area (Å²) in [4.78, 5) is 4.25. The Labute approximate surface area is 160 Å². The van der Waals surface area contributed by atoms with Crippen molar-refractivity contribution in [3.05, 3.63) is 46.5 Å². The second kappa shape index (κ2) is 11.7. The van der Waals surface area contributed by atoms with E-state index in [0.29, 0.717) is 0 Å². The zero-order chi connectivity index (χ0) is 15.6. The van der Waals surface area contributed by atoms with Crippen LogP contribution in [0.2, 0.25) is 5.02 Å². The van der Waals surface area contributed by atoms with Crippen molar-refractivity contribution >= 4 is 41.5 Å². The second-order valence-corrected chi connectivity index (χ2v) is 5.68. The summed E-state index contributed by atoms with van der Waals surface area (Å²) in [5.41, 5.74) is 2.73. The van der Waals surface area contributed by atoms with E-state index in [1.54, 1.807) is 7.05 Å². The van der Waals surface area contributed by atoms with Gasteiger partial charge in [0.05, 0.1) is 13.2 Å². The van der Waals surface area contributed by atoms with Crippen molar-refractivity contribution in [3.8, 4) is 0 Å². The van der Waals surface area contributed by atoms with Crippen LogP contribution in [-0.4, -0.2) is 39.3 Å². The summed E-state index contributed by atoms with van der Waals surface area (Å²) in [5, 5.41) is 7.45. The number of aliphatic imine (C=N–C) groups is 1. The van der Waals surface area contributed by atoms with Crippen LogP contribution in [-0.2, 0) is 11.2 Å². The Kier molecular flexibility index (Phi) is 10.3. The molecule has 0 bridgehead atoms. The van der Waals surface area contributed by atoms with Crippen molar-refractivity contribution in [3.63, 3.8) is 0 Å². The van der Waals surface area contributed by atoms with Gasteiger partial charge in [0.1, 0.15) is 0 Å². The fourth-order valence-corrected chi connectivity index (χ4v) is 2.46. The first kappa shape index (κ1) is 20.3. The minimum atomic E-state index is 0. The van der Waals surface area contributed by atoms with Crippen LogP contribution in [0.25, 0.3) is 0 Å². The maximum atomic E-state index is 5.88. The highest BCUT2D eigenvalue weighted by molar-refractivity contribution is 14.0.